The molecule has 0 radical (unpaired) electrons. The molecule has 0 spiro atoms. The fraction of sp³-hybridized carbons (Fsp3) is 0.333. The smallest absolute Gasteiger partial charge is 0.409 e. The number of hydrogen-bond acceptors (Lipinski definition) is 3. The molecule has 0 aromatic heterocycles. The molecule has 2 rings (SSSR count). The van der Waals surface area contributed by atoms with E-state index in [1.165, 1.54) is 13.0 Å². The van der Waals surface area contributed by atoms with Crippen LogP contribution in [0.15, 0.2) is 18.2 Å². The number of alkyl halides is 2. The predicted octanol–water partition coefficient (Wildman–Crippen LogP) is 2.29. The van der Waals surface area contributed by atoms with Crippen molar-refractivity contribution in [2.45, 2.75) is 19.3 Å². The molecule has 3 nitrogen and oxygen atoms in total. The van der Waals surface area contributed by atoms with Gasteiger partial charge >= 0.3 is 6.29 Å². The van der Waals surface area contributed by atoms with Crippen LogP contribution < -0.4 is 10.5 Å². The summed E-state index contributed by atoms with van der Waals surface area (Å²) >= 11 is 0. The van der Waals surface area contributed by atoms with Gasteiger partial charge in [-0.1, -0.05) is 6.07 Å². The Morgan fingerprint density at radius 3 is 2.86 bits per heavy atom. The molecule has 1 aliphatic rings. The first kappa shape index (κ1) is 9.21. The van der Waals surface area contributed by atoms with Crippen LogP contribution in [0.3, 0.4) is 0 Å². The fourth-order valence-corrected chi connectivity index (χ4v) is 1.50. The first-order chi connectivity index (χ1) is 6.49. The number of benzene rings is 1. The van der Waals surface area contributed by atoms with Crippen LogP contribution in [-0.4, -0.2) is 6.29 Å². The van der Waals surface area contributed by atoms with Crippen LogP contribution in [0.1, 0.15) is 18.6 Å². The van der Waals surface area contributed by atoms with Crippen molar-refractivity contribution in [1.82, 2.24) is 0 Å². The van der Waals surface area contributed by atoms with Gasteiger partial charge in [-0.3, -0.25) is 4.74 Å². The van der Waals surface area contributed by atoms with Gasteiger partial charge in [-0.2, -0.15) is 0 Å². The van der Waals surface area contributed by atoms with Gasteiger partial charge in [0, 0.05) is 11.3 Å². The lowest BCUT2D eigenvalue weighted by atomic mass is 10.1. The van der Waals surface area contributed by atoms with Gasteiger partial charge in [-0.15, -0.1) is 8.78 Å². The lowest BCUT2D eigenvalue weighted by molar-refractivity contribution is -0.379. The van der Waals surface area contributed by atoms with E-state index in [9.17, 15) is 8.78 Å². The van der Waals surface area contributed by atoms with Crippen molar-refractivity contribution >= 4 is 5.69 Å². The van der Waals surface area contributed by atoms with E-state index >= 15 is 0 Å². The second kappa shape index (κ2) is 2.81. The number of rotatable bonds is 0. The van der Waals surface area contributed by atoms with Crippen LogP contribution in [0, 0.1) is 0 Å². The summed E-state index contributed by atoms with van der Waals surface area (Å²) in [5.41, 5.74) is 6.48. The van der Waals surface area contributed by atoms with Gasteiger partial charge in [-0.25, -0.2) is 0 Å². The van der Waals surface area contributed by atoms with Gasteiger partial charge in [-0.05, 0) is 19.1 Å². The fourth-order valence-electron chi connectivity index (χ4n) is 1.50. The zero-order chi connectivity index (χ0) is 10.3. The molecule has 0 saturated heterocycles. The molecular weight excluding hydrogens is 192 g/mol. The SMILES string of the molecule is CC1OC(F)(F)Oc2cccc(N)c21. The summed E-state index contributed by atoms with van der Waals surface area (Å²) in [4.78, 5) is 0. The van der Waals surface area contributed by atoms with E-state index in [-0.39, 0.29) is 5.75 Å². The van der Waals surface area contributed by atoms with E-state index in [4.69, 9.17) is 5.73 Å². The highest BCUT2D eigenvalue weighted by molar-refractivity contribution is 5.55. The van der Waals surface area contributed by atoms with E-state index in [0.717, 1.165) is 0 Å². The highest BCUT2D eigenvalue weighted by Gasteiger charge is 2.42. The third-order valence-corrected chi connectivity index (χ3v) is 2.05. The molecule has 0 fully saturated rings. The third-order valence-electron chi connectivity index (χ3n) is 2.05. The molecule has 76 valence electrons. The number of ether oxygens (including phenoxy) is 2. The van der Waals surface area contributed by atoms with E-state index < -0.39 is 12.4 Å². The highest BCUT2D eigenvalue weighted by Crippen LogP contribution is 2.42. The number of anilines is 1. The summed E-state index contributed by atoms with van der Waals surface area (Å²) in [6, 6.07) is 4.62. The summed E-state index contributed by atoms with van der Waals surface area (Å²) in [6.07, 6.45) is -4.34. The molecule has 0 saturated carbocycles. The summed E-state index contributed by atoms with van der Waals surface area (Å²) in [5.74, 6) is 0.0775. The molecule has 1 atom stereocenters. The van der Waals surface area contributed by atoms with Gasteiger partial charge in [0.15, 0.2) is 0 Å². The molecule has 2 N–H and O–H groups in total. The Bertz CT molecular complexity index is 368. The van der Waals surface area contributed by atoms with E-state index in [1.54, 1.807) is 12.1 Å². The molecule has 0 amide bonds. The first-order valence-corrected chi connectivity index (χ1v) is 4.12. The number of hydrogen-bond donors (Lipinski definition) is 1. The van der Waals surface area contributed by atoms with Crippen molar-refractivity contribution in [3.05, 3.63) is 23.8 Å². The second-order valence-corrected chi connectivity index (χ2v) is 3.08. The lowest BCUT2D eigenvalue weighted by Gasteiger charge is -2.29. The van der Waals surface area contributed by atoms with Gasteiger partial charge in [0.1, 0.15) is 5.75 Å². The van der Waals surface area contributed by atoms with Crippen LogP contribution in [0.4, 0.5) is 14.5 Å². The second-order valence-electron chi connectivity index (χ2n) is 3.08. The third kappa shape index (κ3) is 1.39. The summed E-state index contributed by atoms with van der Waals surface area (Å²) in [5, 5.41) is 0. The van der Waals surface area contributed by atoms with E-state index in [0.29, 0.717) is 11.3 Å². The van der Waals surface area contributed by atoms with Gasteiger partial charge in [0.05, 0.1) is 6.10 Å². The standard InChI is InChI=1S/C9H9F2NO2/c1-5-8-6(12)3-2-4-7(8)14-9(10,11)13-5/h2-5H,12H2,1H3. The molecule has 14 heavy (non-hydrogen) atoms. The maximum absolute atomic E-state index is 12.8. The van der Waals surface area contributed by atoms with Crippen molar-refractivity contribution in [3.8, 4) is 5.75 Å². The van der Waals surface area contributed by atoms with Gasteiger partial charge in [0.25, 0.3) is 0 Å². The van der Waals surface area contributed by atoms with Crippen molar-refractivity contribution in [2.75, 3.05) is 5.73 Å². The first-order valence-electron chi connectivity index (χ1n) is 4.12. The van der Waals surface area contributed by atoms with Crippen LogP contribution in [0.5, 0.6) is 5.75 Å². The molecule has 1 aromatic rings. The minimum Gasteiger partial charge on any atom is -0.409 e. The summed E-state index contributed by atoms with van der Waals surface area (Å²) in [7, 11) is 0. The van der Waals surface area contributed by atoms with Crippen LogP contribution in [0.2, 0.25) is 0 Å². The van der Waals surface area contributed by atoms with Crippen LogP contribution in [0.25, 0.3) is 0 Å². The highest BCUT2D eigenvalue weighted by atomic mass is 19.3. The van der Waals surface area contributed by atoms with Gasteiger partial charge in [0.2, 0.25) is 0 Å². The summed E-state index contributed by atoms with van der Waals surface area (Å²) in [6.45, 7) is 1.51. The molecule has 1 aliphatic heterocycles. The monoisotopic (exact) mass is 201 g/mol. The maximum Gasteiger partial charge on any atom is 0.535 e. The minimum absolute atomic E-state index is 0.0775. The van der Waals surface area contributed by atoms with Crippen molar-refractivity contribution in [1.29, 1.82) is 0 Å². The van der Waals surface area contributed by atoms with E-state index in [2.05, 4.69) is 9.47 Å². The zero-order valence-corrected chi connectivity index (χ0v) is 7.46. The topological polar surface area (TPSA) is 44.5 Å². The predicted molar refractivity (Wildman–Crippen MR) is 45.9 cm³/mol. The van der Waals surface area contributed by atoms with Crippen molar-refractivity contribution < 1.29 is 18.3 Å². The van der Waals surface area contributed by atoms with Crippen LogP contribution in [-0.2, 0) is 4.74 Å². The molecule has 1 unspecified atom stereocenters. The average molecular weight is 201 g/mol. The molecule has 1 aromatic carbocycles. The number of nitrogen functional groups attached to an aromatic ring is 1. The Labute approximate surface area is 79.4 Å². The Balaban J connectivity index is 2.50. The Morgan fingerprint density at radius 1 is 1.43 bits per heavy atom. The number of nitrogens with two attached hydrogens (primary N) is 1. The van der Waals surface area contributed by atoms with Gasteiger partial charge < -0.3 is 10.5 Å². The quantitative estimate of drug-likeness (QED) is 0.655. The van der Waals surface area contributed by atoms with Crippen molar-refractivity contribution in [2.24, 2.45) is 0 Å². The Hall–Kier alpha value is -1.36. The minimum atomic E-state index is -3.57. The molecule has 5 heteroatoms. The molecule has 0 aliphatic carbocycles. The Morgan fingerprint density at radius 2 is 2.14 bits per heavy atom. The average Bonchev–Trinajstić information content (AvgIpc) is 2.00. The zero-order valence-electron chi connectivity index (χ0n) is 7.46. The molecule has 1 heterocycles. The molecular formula is C9H9F2NO2. The largest absolute Gasteiger partial charge is 0.535 e. The lowest BCUT2D eigenvalue weighted by Crippen LogP contribution is -2.34. The normalized spacial score (nSPS) is 23.8. The van der Waals surface area contributed by atoms with Crippen LogP contribution >= 0.6 is 0 Å². The summed E-state index contributed by atoms with van der Waals surface area (Å²) < 4.78 is 34.2. The Kier molecular flexibility index (Phi) is 1.85. The number of fused-ring (bicyclic) bond motifs is 1. The van der Waals surface area contributed by atoms with Crippen molar-refractivity contribution in [3.63, 3.8) is 0 Å². The number of halogens is 2. The maximum atomic E-state index is 12.8. The molecule has 0 bridgehead atoms. The van der Waals surface area contributed by atoms with E-state index in [1.807, 2.05) is 0 Å².